The maximum absolute atomic E-state index is 12.8. The lowest BCUT2D eigenvalue weighted by molar-refractivity contribution is 0.811. The smallest absolute Gasteiger partial charge is 0.341 e. The zero-order chi connectivity index (χ0) is 16.6. The van der Waals surface area contributed by atoms with Gasteiger partial charge in [0.25, 0.3) is 5.56 Å². The first-order valence-electron chi connectivity index (χ1n) is 6.64. The number of rotatable bonds is 2. The molecule has 1 aromatic heterocycles. The van der Waals surface area contributed by atoms with E-state index in [0.29, 0.717) is 21.4 Å². The van der Waals surface area contributed by atoms with Crippen molar-refractivity contribution >= 4 is 29.0 Å². The van der Waals surface area contributed by atoms with Gasteiger partial charge < -0.3 is 5.73 Å². The Hall–Kier alpha value is -2.50. The molecule has 2 N–H and O–H groups in total. The first-order valence-corrected chi connectivity index (χ1v) is 7.39. The average molecular weight is 348 g/mol. The molecule has 2 aromatic carbocycles. The number of nitrogen functional groups attached to an aromatic ring is 1. The Balaban J connectivity index is 2.29. The Labute approximate surface area is 141 Å². The first-order chi connectivity index (χ1) is 11.0. The molecule has 7 heteroatoms. The van der Waals surface area contributed by atoms with Crippen LogP contribution in [0.3, 0.4) is 0 Å². The lowest BCUT2D eigenvalue weighted by Gasteiger charge is -2.13. The Kier molecular flexibility index (Phi) is 3.98. The number of benzene rings is 2. The van der Waals surface area contributed by atoms with Crippen LogP contribution in [0.15, 0.2) is 64.2 Å². The number of hydrogen-bond acceptors (Lipinski definition) is 3. The third kappa shape index (κ3) is 2.88. The third-order valence-corrected chi connectivity index (χ3v) is 3.81. The van der Waals surface area contributed by atoms with Gasteiger partial charge in [0.15, 0.2) is 0 Å². The van der Waals surface area contributed by atoms with E-state index in [4.69, 9.17) is 28.9 Å². The van der Waals surface area contributed by atoms with Gasteiger partial charge in [-0.15, -0.1) is 0 Å². The van der Waals surface area contributed by atoms with Gasteiger partial charge in [-0.05, 0) is 48.5 Å². The highest BCUT2D eigenvalue weighted by atomic mass is 35.5. The molecule has 0 unspecified atom stereocenters. The molecule has 0 bridgehead atoms. The quantitative estimate of drug-likeness (QED) is 0.774. The summed E-state index contributed by atoms with van der Waals surface area (Å²) in [5.74, 6) is 0.0486. The predicted octanol–water partition coefficient (Wildman–Crippen LogP) is 2.88. The fourth-order valence-corrected chi connectivity index (χ4v) is 2.49. The van der Waals surface area contributed by atoms with Gasteiger partial charge in [0, 0.05) is 16.1 Å². The average Bonchev–Trinajstić information content (AvgIpc) is 2.50. The number of hydrogen-bond donors (Lipinski definition) is 1. The van der Waals surface area contributed by atoms with Gasteiger partial charge in [-0.1, -0.05) is 23.2 Å². The molecule has 0 radical (unpaired) electrons. The molecule has 3 aromatic rings. The number of halogens is 2. The minimum atomic E-state index is -0.570. The first kappa shape index (κ1) is 15.4. The maximum Gasteiger partial charge on any atom is 0.341 e. The summed E-state index contributed by atoms with van der Waals surface area (Å²) in [6.45, 7) is 0. The second-order valence-corrected chi connectivity index (χ2v) is 5.69. The Morgan fingerprint density at radius 2 is 1.17 bits per heavy atom. The van der Waals surface area contributed by atoms with Crippen LogP contribution in [0.5, 0.6) is 0 Å². The van der Waals surface area contributed by atoms with E-state index in [1.807, 2.05) is 0 Å². The van der Waals surface area contributed by atoms with Gasteiger partial charge in [0.1, 0.15) is 5.82 Å². The molecule has 0 amide bonds. The minimum Gasteiger partial charge on any atom is -0.385 e. The van der Waals surface area contributed by atoms with Crippen molar-refractivity contribution < 1.29 is 0 Å². The number of nitrogens with two attached hydrogens (primary N) is 1. The van der Waals surface area contributed by atoms with Gasteiger partial charge in [-0.3, -0.25) is 4.79 Å². The van der Waals surface area contributed by atoms with Crippen molar-refractivity contribution in [2.75, 3.05) is 5.73 Å². The van der Waals surface area contributed by atoms with Crippen molar-refractivity contribution in [1.82, 2.24) is 9.13 Å². The van der Waals surface area contributed by atoms with Gasteiger partial charge in [-0.25, -0.2) is 13.9 Å². The van der Waals surface area contributed by atoms with Crippen molar-refractivity contribution in [2.45, 2.75) is 0 Å². The molecule has 23 heavy (non-hydrogen) atoms. The van der Waals surface area contributed by atoms with Crippen molar-refractivity contribution in [1.29, 1.82) is 0 Å². The molecule has 0 aliphatic carbocycles. The van der Waals surface area contributed by atoms with E-state index >= 15 is 0 Å². The van der Waals surface area contributed by atoms with Crippen LogP contribution in [0.25, 0.3) is 11.4 Å². The summed E-state index contributed by atoms with van der Waals surface area (Å²) in [6.07, 6.45) is 0. The minimum absolute atomic E-state index is 0.0486. The molecular formula is C16H11Cl2N3O2. The summed E-state index contributed by atoms with van der Waals surface area (Å²) >= 11 is 11.7. The van der Waals surface area contributed by atoms with E-state index in [1.54, 1.807) is 48.5 Å². The standard InChI is InChI=1S/C16H11Cl2N3O2/c17-10-1-5-12(6-2-10)20-14(19)9-15(22)21(16(20)23)13-7-3-11(18)4-8-13/h1-9H,19H2. The molecule has 0 spiro atoms. The van der Waals surface area contributed by atoms with Crippen LogP contribution in [-0.4, -0.2) is 9.13 Å². The van der Waals surface area contributed by atoms with Crippen LogP contribution < -0.4 is 17.0 Å². The van der Waals surface area contributed by atoms with Crippen molar-refractivity contribution in [2.24, 2.45) is 0 Å². The van der Waals surface area contributed by atoms with Crippen LogP contribution in [-0.2, 0) is 0 Å². The molecule has 5 nitrogen and oxygen atoms in total. The van der Waals surface area contributed by atoms with Crippen LogP contribution in [0.4, 0.5) is 5.82 Å². The molecule has 1 heterocycles. The van der Waals surface area contributed by atoms with E-state index in [2.05, 4.69) is 0 Å². The number of aromatic nitrogens is 2. The van der Waals surface area contributed by atoms with Gasteiger partial charge in [-0.2, -0.15) is 0 Å². The Morgan fingerprint density at radius 1 is 0.739 bits per heavy atom. The molecular weight excluding hydrogens is 337 g/mol. The van der Waals surface area contributed by atoms with Crippen LogP contribution in [0.2, 0.25) is 10.0 Å². The molecule has 0 aliphatic rings. The largest absolute Gasteiger partial charge is 0.385 e. The Bertz CT molecular complexity index is 974. The van der Waals surface area contributed by atoms with Gasteiger partial charge >= 0.3 is 5.69 Å². The second kappa shape index (κ2) is 5.95. The molecule has 116 valence electrons. The van der Waals surface area contributed by atoms with Crippen molar-refractivity contribution in [3.63, 3.8) is 0 Å². The molecule has 0 saturated heterocycles. The van der Waals surface area contributed by atoms with Crippen LogP contribution in [0, 0.1) is 0 Å². The van der Waals surface area contributed by atoms with E-state index in [9.17, 15) is 9.59 Å². The second-order valence-electron chi connectivity index (χ2n) is 4.81. The highest BCUT2D eigenvalue weighted by Gasteiger charge is 2.12. The molecule has 0 saturated carbocycles. The van der Waals surface area contributed by atoms with Crippen molar-refractivity contribution in [3.8, 4) is 11.4 Å². The number of anilines is 1. The highest BCUT2D eigenvalue weighted by molar-refractivity contribution is 6.30. The fourth-order valence-electron chi connectivity index (χ4n) is 2.24. The highest BCUT2D eigenvalue weighted by Crippen LogP contribution is 2.15. The monoisotopic (exact) mass is 347 g/mol. The number of nitrogens with zero attached hydrogens (tertiary/aromatic N) is 2. The van der Waals surface area contributed by atoms with Crippen molar-refractivity contribution in [3.05, 3.63) is 85.5 Å². The predicted molar refractivity (Wildman–Crippen MR) is 92.1 cm³/mol. The molecule has 3 rings (SSSR count). The summed E-state index contributed by atoms with van der Waals surface area (Å²) in [7, 11) is 0. The summed E-state index contributed by atoms with van der Waals surface area (Å²) in [4.78, 5) is 25.0. The van der Waals surface area contributed by atoms with E-state index in [1.165, 1.54) is 10.6 Å². The third-order valence-electron chi connectivity index (χ3n) is 3.30. The summed E-state index contributed by atoms with van der Waals surface area (Å²) in [5, 5.41) is 1.04. The topological polar surface area (TPSA) is 70.0 Å². The SMILES string of the molecule is Nc1cc(=O)n(-c2ccc(Cl)cc2)c(=O)n1-c1ccc(Cl)cc1. The molecule has 0 atom stereocenters. The zero-order valence-electron chi connectivity index (χ0n) is 11.7. The van der Waals surface area contributed by atoms with Gasteiger partial charge in [0.2, 0.25) is 0 Å². The van der Waals surface area contributed by atoms with Crippen LogP contribution in [0.1, 0.15) is 0 Å². The maximum atomic E-state index is 12.8. The summed E-state index contributed by atoms with van der Waals surface area (Å²) < 4.78 is 2.27. The summed E-state index contributed by atoms with van der Waals surface area (Å²) in [6, 6.07) is 14.2. The van der Waals surface area contributed by atoms with E-state index < -0.39 is 11.2 Å². The van der Waals surface area contributed by atoms with E-state index in [-0.39, 0.29) is 5.82 Å². The normalized spacial score (nSPS) is 10.7. The zero-order valence-corrected chi connectivity index (χ0v) is 13.3. The summed E-state index contributed by atoms with van der Waals surface area (Å²) in [5.41, 5.74) is 5.70. The van der Waals surface area contributed by atoms with E-state index in [0.717, 1.165) is 4.57 Å². The lowest BCUT2D eigenvalue weighted by atomic mass is 10.3. The Morgan fingerprint density at radius 3 is 1.65 bits per heavy atom. The molecule has 0 aliphatic heterocycles. The fraction of sp³-hybridized carbons (Fsp3) is 0. The van der Waals surface area contributed by atoms with Crippen LogP contribution >= 0.6 is 23.2 Å². The lowest BCUT2D eigenvalue weighted by Crippen LogP contribution is -2.38. The molecule has 0 fully saturated rings. The van der Waals surface area contributed by atoms with Gasteiger partial charge in [0.05, 0.1) is 11.4 Å².